The van der Waals surface area contributed by atoms with Crippen molar-refractivity contribution < 1.29 is 27.5 Å². The quantitative estimate of drug-likeness (QED) is 0.385. The van der Waals surface area contributed by atoms with Crippen molar-refractivity contribution >= 4 is 27.4 Å². The van der Waals surface area contributed by atoms with Gasteiger partial charge in [-0.05, 0) is 24.3 Å². The van der Waals surface area contributed by atoms with Crippen LogP contribution in [-0.4, -0.2) is 56.6 Å². The van der Waals surface area contributed by atoms with Crippen molar-refractivity contribution in [3.05, 3.63) is 90.1 Å². The number of esters is 1. The zero-order valence-electron chi connectivity index (χ0n) is 19.1. The van der Waals surface area contributed by atoms with Crippen LogP contribution in [-0.2, 0) is 25.1 Å². The summed E-state index contributed by atoms with van der Waals surface area (Å²) in [5.41, 5.74) is 3.42. The van der Waals surface area contributed by atoms with Gasteiger partial charge in [-0.25, -0.2) is 13.2 Å². The lowest BCUT2D eigenvalue weighted by molar-refractivity contribution is 0.0549. The molecule has 1 fully saturated rings. The Morgan fingerprint density at radius 3 is 2.43 bits per heavy atom. The number of carbonyl (C=O) groups is 2. The second kappa shape index (κ2) is 8.83. The Kier molecular flexibility index (Phi) is 5.82. The largest absolute Gasteiger partial charge is 0.458 e. The smallest absolute Gasteiger partial charge is 0.338 e. The maximum atomic E-state index is 13.6. The first kappa shape index (κ1) is 23.1. The molecule has 0 bridgehead atoms. The predicted molar refractivity (Wildman–Crippen MR) is 131 cm³/mol. The van der Waals surface area contributed by atoms with Crippen molar-refractivity contribution in [1.29, 1.82) is 0 Å². The Bertz CT molecular complexity index is 1410. The highest BCUT2D eigenvalue weighted by Gasteiger charge is 2.53. The molecule has 8 nitrogen and oxygen atoms in total. The summed E-state index contributed by atoms with van der Waals surface area (Å²) in [6.07, 6.45) is 2.68. The maximum Gasteiger partial charge on any atom is 0.338 e. The lowest BCUT2D eigenvalue weighted by Gasteiger charge is -2.50. The van der Waals surface area contributed by atoms with E-state index in [-0.39, 0.29) is 18.3 Å². The van der Waals surface area contributed by atoms with Crippen LogP contribution in [0.3, 0.4) is 0 Å². The minimum atomic E-state index is -3.48. The van der Waals surface area contributed by atoms with Gasteiger partial charge < -0.3 is 14.4 Å². The number of fused-ring (bicyclic) bond motifs is 3. The molecule has 0 amide bonds. The van der Waals surface area contributed by atoms with Crippen molar-refractivity contribution in [3.8, 4) is 11.3 Å². The fraction of sp³-hybridized carbons (Fsp3) is 0.231. The minimum absolute atomic E-state index is 0.0964. The van der Waals surface area contributed by atoms with Crippen LogP contribution >= 0.6 is 0 Å². The number of anilines is 1. The molecule has 0 N–H and O–H groups in total. The Balaban J connectivity index is 1.58. The number of carbonyl (C=O) groups excluding carboxylic acids is 2. The highest BCUT2D eigenvalue weighted by Crippen LogP contribution is 2.47. The van der Waals surface area contributed by atoms with Crippen molar-refractivity contribution in [1.82, 2.24) is 4.57 Å². The minimum Gasteiger partial charge on any atom is -0.458 e. The van der Waals surface area contributed by atoms with Gasteiger partial charge in [0.1, 0.15) is 12.7 Å². The summed E-state index contributed by atoms with van der Waals surface area (Å²) in [5.74, 6) is -1.01. The second-order valence-electron chi connectivity index (χ2n) is 8.48. The van der Waals surface area contributed by atoms with E-state index in [1.165, 1.54) is 29.9 Å². The van der Waals surface area contributed by atoms with Crippen molar-refractivity contribution in [2.75, 3.05) is 25.2 Å². The van der Waals surface area contributed by atoms with Crippen molar-refractivity contribution in [2.24, 2.45) is 0 Å². The number of aromatic nitrogens is 1. The molecule has 2 atom stereocenters. The third-order valence-corrected chi connectivity index (χ3v) is 8.34. The molecule has 5 rings (SSSR count). The number of sulfone groups is 1. The standard InChI is InChI=1S/C26H24N2O6S/c1-3-13-34-26(30)19-11-9-18(10-12-19)24(29)27-14-20-16-35(31,32)25-21(33-2)15-28(25)23(20)22(27)17-7-5-4-6-8-17/h3-12,14,21,25H,1,13,15-16H2,2H3. The normalized spacial score (nSPS) is 19.7. The fourth-order valence-electron chi connectivity index (χ4n) is 4.70. The van der Waals surface area contributed by atoms with E-state index in [1.54, 1.807) is 18.3 Å². The van der Waals surface area contributed by atoms with Crippen LogP contribution in [0.5, 0.6) is 0 Å². The van der Waals surface area contributed by atoms with E-state index in [0.717, 1.165) is 11.3 Å². The lowest BCUT2D eigenvalue weighted by Crippen LogP contribution is -2.66. The maximum absolute atomic E-state index is 13.6. The molecule has 35 heavy (non-hydrogen) atoms. The average molecular weight is 493 g/mol. The van der Waals surface area contributed by atoms with Crippen LogP contribution < -0.4 is 4.90 Å². The zero-order valence-corrected chi connectivity index (χ0v) is 19.9. The number of methoxy groups -OCH3 is 1. The van der Waals surface area contributed by atoms with E-state index >= 15 is 0 Å². The molecule has 2 aliphatic heterocycles. The summed E-state index contributed by atoms with van der Waals surface area (Å²) in [4.78, 5) is 27.5. The summed E-state index contributed by atoms with van der Waals surface area (Å²) >= 11 is 0. The molecular weight excluding hydrogens is 468 g/mol. The number of ether oxygens (including phenoxy) is 2. The van der Waals surface area contributed by atoms with Gasteiger partial charge in [0.15, 0.2) is 15.2 Å². The van der Waals surface area contributed by atoms with Crippen LogP contribution in [0.15, 0.2) is 73.4 Å². The van der Waals surface area contributed by atoms with Gasteiger partial charge in [0.05, 0.1) is 22.7 Å². The summed E-state index contributed by atoms with van der Waals surface area (Å²) in [7, 11) is -1.97. The van der Waals surface area contributed by atoms with Gasteiger partial charge in [-0.15, -0.1) is 0 Å². The number of nitrogens with zero attached hydrogens (tertiary/aromatic N) is 2. The van der Waals surface area contributed by atoms with Crippen LogP contribution in [0.4, 0.5) is 5.69 Å². The highest BCUT2D eigenvalue weighted by molar-refractivity contribution is 7.91. The Morgan fingerprint density at radius 2 is 1.77 bits per heavy atom. The van der Waals surface area contributed by atoms with Gasteiger partial charge in [0.2, 0.25) is 0 Å². The fourth-order valence-corrected chi connectivity index (χ4v) is 6.75. The molecule has 3 aromatic rings. The monoisotopic (exact) mass is 492 g/mol. The van der Waals surface area contributed by atoms with Crippen molar-refractivity contribution in [3.63, 3.8) is 0 Å². The van der Waals surface area contributed by atoms with Crippen LogP contribution in [0.25, 0.3) is 11.3 Å². The van der Waals surface area contributed by atoms with Gasteiger partial charge in [0.25, 0.3) is 5.91 Å². The van der Waals surface area contributed by atoms with E-state index in [9.17, 15) is 18.0 Å². The number of hydrogen-bond acceptors (Lipinski definition) is 7. The molecule has 0 aliphatic carbocycles. The molecule has 3 heterocycles. The Labute approximate surface area is 203 Å². The van der Waals surface area contributed by atoms with Gasteiger partial charge in [0, 0.05) is 36.5 Å². The average Bonchev–Trinajstić information content (AvgIpc) is 3.20. The molecule has 180 valence electrons. The van der Waals surface area contributed by atoms with E-state index in [2.05, 4.69) is 6.58 Å². The summed E-state index contributed by atoms with van der Waals surface area (Å²) in [6, 6.07) is 15.6. The molecule has 2 aromatic carbocycles. The lowest BCUT2D eigenvalue weighted by atomic mass is 10.0. The Morgan fingerprint density at radius 1 is 1.09 bits per heavy atom. The number of benzene rings is 2. The van der Waals surface area contributed by atoms with Gasteiger partial charge in [-0.1, -0.05) is 43.0 Å². The topological polar surface area (TPSA) is 94.9 Å². The molecule has 1 aromatic heterocycles. The molecule has 1 saturated heterocycles. The van der Waals surface area contributed by atoms with E-state index < -0.39 is 27.3 Å². The first-order valence-electron chi connectivity index (χ1n) is 11.1. The SMILES string of the molecule is C=CCOC(=O)c1ccc(C(=O)n2cc3c(c2-c2ccccc2)N2CC(OC)C2S(=O)(=O)C3)cc1. The van der Waals surface area contributed by atoms with E-state index in [4.69, 9.17) is 9.47 Å². The van der Waals surface area contributed by atoms with E-state index in [1.807, 2.05) is 35.2 Å². The van der Waals surface area contributed by atoms with Crippen molar-refractivity contribution in [2.45, 2.75) is 17.2 Å². The Hall–Kier alpha value is -3.69. The van der Waals surface area contributed by atoms with E-state index in [0.29, 0.717) is 28.9 Å². The molecule has 0 spiro atoms. The van der Waals surface area contributed by atoms with Crippen LogP contribution in [0, 0.1) is 0 Å². The summed E-state index contributed by atoms with van der Waals surface area (Å²) in [6.45, 7) is 4.04. The van der Waals surface area contributed by atoms with Gasteiger partial charge >= 0.3 is 5.97 Å². The number of hydrogen-bond donors (Lipinski definition) is 0. The second-order valence-corrected chi connectivity index (χ2v) is 10.6. The summed E-state index contributed by atoms with van der Waals surface area (Å²) < 4.78 is 37.9. The molecular formula is C26H24N2O6S. The first-order valence-corrected chi connectivity index (χ1v) is 12.8. The molecule has 0 saturated carbocycles. The van der Waals surface area contributed by atoms with Gasteiger partial charge in [-0.3, -0.25) is 9.36 Å². The third-order valence-electron chi connectivity index (χ3n) is 6.34. The molecule has 2 unspecified atom stereocenters. The zero-order chi connectivity index (χ0) is 24.7. The molecule has 0 radical (unpaired) electrons. The molecule has 2 aliphatic rings. The number of rotatable bonds is 6. The highest BCUT2D eigenvalue weighted by atomic mass is 32.2. The summed E-state index contributed by atoms with van der Waals surface area (Å²) in [5, 5.41) is -0.769. The van der Waals surface area contributed by atoms with Crippen LogP contribution in [0.2, 0.25) is 0 Å². The third kappa shape index (κ3) is 3.86. The predicted octanol–water partition coefficient (Wildman–Crippen LogP) is 3.28. The van der Waals surface area contributed by atoms with Crippen LogP contribution in [0.1, 0.15) is 26.3 Å². The molecule has 9 heteroatoms. The van der Waals surface area contributed by atoms with Gasteiger partial charge in [-0.2, -0.15) is 0 Å². The first-order chi connectivity index (χ1) is 16.9.